The Morgan fingerprint density at radius 3 is 2.86 bits per heavy atom. The molecule has 0 radical (unpaired) electrons. The number of hydrogen-bond acceptors (Lipinski definition) is 5. The summed E-state index contributed by atoms with van der Waals surface area (Å²) in [6.07, 6.45) is 0. The average Bonchev–Trinajstić information content (AvgIpc) is 2.72. The van der Waals surface area contributed by atoms with Gasteiger partial charge in [0.15, 0.2) is 5.82 Å². The first-order chi connectivity index (χ1) is 10.2. The van der Waals surface area contributed by atoms with Gasteiger partial charge in [0.05, 0.1) is 12.6 Å². The maximum absolute atomic E-state index is 9.27. The van der Waals surface area contributed by atoms with Crippen molar-refractivity contribution in [3.05, 3.63) is 40.4 Å². The molecule has 0 atom stereocenters. The number of anilines is 2. The molecule has 1 aromatic carbocycles. The van der Waals surface area contributed by atoms with Crippen molar-refractivity contribution in [3.8, 4) is 6.07 Å². The van der Waals surface area contributed by atoms with Crippen molar-refractivity contribution in [1.29, 1.82) is 5.26 Å². The summed E-state index contributed by atoms with van der Waals surface area (Å²) in [4.78, 5) is 0. The Bertz CT molecular complexity index is 698. The van der Waals surface area contributed by atoms with E-state index in [4.69, 9.17) is 17.3 Å². The molecule has 0 spiro atoms. The molecule has 21 heavy (non-hydrogen) atoms. The van der Waals surface area contributed by atoms with Crippen LogP contribution in [0.1, 0.15) is 11.1 Å². The van der Waals surface area contributed by atoms with Crippen molar-refractivity contribution in [2.45, 2.75) is 12.6 Å². The van der Waals surface area contributed by atoms with Crippen LogP contribution in [0.3, 0.4) is 0 Å². The molecule has 2 heterocycles. The molecule has 1 aliphatic rings. The highest BCUT2D eigenvalue weighted by Crippen LogP contribution is 2.24. The summed E-state index contributed by atoms with van der Waals surface area (Å²) in [5.74, 6) is 0.890. The minimum absolute atomic E-state index is 0.292. The summed E-state index contributed by atoms with van der Waals surface area (Å²) in [7, 11) is 0. The quantitative estimate of drug-likeness (QED) is 0.794. The third kappa shape index (κ3) is 2.66. The zero-order valence-corrected chi connectivity index (χ0v) is 12.1. The summed E-state index contributed by atoms with van der Waals surface area (Å²) in [6.45, 7) is 2.16. The van der Waals surface area contributed by atoms with Gasteiger partial charge in [-0.2, -0.15) is 10.4 Å². The molecule has 0 aliphatic carbocycles. The van der Waals surface area contributed by atoms with Crippen molar-refractivity contribution < 1.29 is 0 Å². The molecule has 1 aliphatic heterocycles. The van der Waals surface area contributed by atoms with Gasteiger partial charge in [-0.25, -0.2) is 4.68 Å². The van der Waals surface area contributed by atoms with Gasteiger partial charge in [0.2, 0.25) is 0 Å². The van der Waals surface area contributed by atoms with Gasteiger partial charge in [0.1, 0.15) is 17.5 Å². The molecule has 0 unspecified atom stereocenters. The van der Waals surface area contributed by atoms with Crippen molar-refractivity contribution in [2.24, 2.45) is 0 Å². The van der Waals surface area contributed by atoms with E-state index in [0.717, 1.165) is 18.7 Å². The van der Waals surface area contributed by atoms with Gasteiger partial charge in [0.25, 0.3) is 0 Å². The van der Waals surface area contributed by atoms with Crippen molar-refractivity contribution >= 4 is 23.2 Å². The predicted octanol–water partition coefficient (Wildman–Crippen LogP) is 1.42. The molecule has 108 valence electrons. The predicted molar refractivity (Wildman–Crippen MR) is 82.2 cm³/mol. The van der Waals surface area contributed by atoms with E-state index in [2.05, 4.69) is 21.8 Å². The van der Waals surface area contributed by atoms with Crippen LogP contribution in [0.25, 0.3) is 0 Å². The zero-order chi connectivity index (χ0) is 14.8. The Labute approximate surface area is 127 Å². The lowest BCUT2D eigenvalue weighted by Crippen LogP contribution is -2.51. The molecule has 7 heteroatoms. The number of nitrogen functional groups attached to an aromatic ring is 1. The molecule has 1 fully saturated rings. The molecule has 3 rings (SSSR count). The summed E-state index contributed by atoms with van der Waals surface area (Å²) in [5.41, 5.74) is 7.32. The molecule has 0 amide bonds. The summed E-state index contributed by atoms with van der Waals surface area (Å²) in [5, 5.41) is 20.7. The Morgan fingerprint density at radius 1 is 1.48 bits per heavy atom. The molecule has 6 nitrogen and oxygen atoms in total. The number of nitrogens with zero attached hydrogens (tertiary/aromatic N) is 3. The summed E-state index contributed by atoms with van der Waals surface area (Å²) < 4.78 is 1.61. The Balaban J connectivity index is 1.88. The van der Waals surface area contributed by atoms with Gasteiger partial charge in [-0.1, -0.05) is 29.8 Å². The topological polar surface area (TPSA) is 91.7 Å². The molecule has 0 saturated carbocycles. The van der Waals surface area contributed by atoms with Crippen LogP contribution < -0.4 is 16.4 Å². The maximum atomic E-state index is 9.27. The molecule has 4 N–H and O–H groups in total. The third-order valence-electron chi connectivity index (χ3n) is 3.50. The van der Waals surface area contributed by atoms with Crippen LogP contribution in [0.4, 0.5) is 11.6 Å². The monoisotopic (exact) mass is 302 g/mol. The van der Waals surface area contributed by atoms with Crippen LogP contribution >= 0.6 is 11.6 Å². The molecule has 1 saturated heterocycles. The first kappa shape index (κ1) is 13.7. The van der Waals surface area contributed by atoms with Crippen molar-refractivity contribution in [3.63, 3.8) is 0 Å². The first-order valence-corrected chi connectivity index (χ1v) is 7.04. The van der Waals surface area contributed by atoms with Crippen LogP contribution in [0.15, 0.2) is 24.3 Å². The molecule has 2 aromatic rings. The second-order valence-corrected chi connectivity index (χ2v) is 5.38. The number of benzene rings is 1. The van der Waals surface area contributed by atoms with Crippen LogP contribution in [0.2, 0.25) is 5.02 Å². The average molecular weight is 303 g/mol. The Morgan fingerprint density at radius 2 is 2.24 bits per heavy atom. The normalized spacial score (nSPS) is 14.5. The second kappa shape index (κ2) is 5.64. The lowest BCUT2D eigenvalue weighted by Gasteiger charge is -2.27. The van der Waals surface area contributed by atoms with E-state index in [-0.39, 0.29) is 0 Å². The standard InChI is InChI=1S/C14H15ClN6/c15-12-4-2-1-3-9(12)8-21-13(17)11(5-16)14(20-21)19-10-6-18-7-10/h1-4,10,18H,6-8,17H2,(H,19,20). The minimum Gasteiger partial charge on any atom is -0.383 e. The molecular weight excluding hydrogens is 288 g/mol. The van der Waals surface area contributed by atoms with E-state index < -0.39 is 0 Å². The fourth-order valence-electron chi connectivity index (χ4n) is 2.18. The van der Waals surface area contributed by atoms with Crippen molar-refractivity contribution in [2.75, 3.05) is 24.1 Å². The SMILES string of the molecule is N#Cc1c(NC2CNC2)nn(Cc2ccccc2Cl)c1N. The van der Waals surface area contributed by atoms with Crippen LogP contribution in [-0.4, -0.2) is 28.9 Å². The highest BCUT2D eigenvalue weighted by molar-refractivity contribution is 6.31. The van der Waals surface area contributed by atoms with Crippen LogP contribution in [0.5, 0.6) is 0 Å². The number of nitrogens with one attached hydrogen (secondary N) is 2. The van der Waals surface area contributed by atoms with Gasteiger partial charge in [-0.05, 0) is 11.6 Å². The van der Waals surface area contributed by atoms with Crippen molar-refractivity contribution in [1.82, 2.24) is 15.1 Å². The Kier molecular flexibility index (Phi) is 3.69. The highest BCUT2D eigenvalue weighted by atomic mass is 35.5. The van der Waals surface area contributed by atoms with E-state index in [0.29, 0.717) is 34.8 Å². The van der Waals surface area contributed by atoms with Crippen LogP contribution in [-0.2, 0) is 6.54 Å². The molecular formula is C14H15ClN6. The van der Waals surface area contributed by atoms with Gasteiger partial charge in [-0.15, -0.1) is 0 Å². The van der Waals surface area contributed by atoms with E-state index in [1.165, 1.54) is 0 Å². The maximum Gasteiger partial charge on any atom is 0.168 e. The number of rotatable bonds is 4. The fourth-order valence-corrected chi connectivity index (χ4v) is 2.37. The number of halogens is 1. The zero-order valence-electron chi connectivity index (χ0n) is 11.3. The Hall–Kier alpha value is -2.23. The van der Waals surface area contributed by atoms with E-state index in [1.54, 1.807) is 4.68 Å². The summed E-state index contributed by atoms with van der Waals surface area (Å²) >= 11 is 6.15. The van der Waals surface area contributed by atoms with Gasteiger partial charge < -0.3 is 16.4 Å². The van der Waals surface area contributed by atoms with E-state index in [1.807, 2.05) is 24.3 Å². The number of nitrogens with two attached hydrogens (primary N) is 1. The second-order valence-electron chi connectivity index (χ2n) is 4.97. The lowest BCUT2D eigenvalue weighted by molar-refractivity contribution is 0.470. The van der Waals surface area contributed by atoms with Gasteiger partial charge in [0, 0.05) is 18.1 Å². The van der Waals surface area contributed by atoms with Gasteiger partial charge >= 0.3 is 0 Å². The minimum atomic E-state index is 0.292. The third-order valence-corrected chi connectivity index (χ3v) is 3.87. The van der Waals surface area contributed by atoms with Crippen LogP contribution in [0, 0.1) is 11.3 Å². The lowest BCUT2D eigenvalue weighted by atomic mass is 10.2. The number of hydrogen-bond donors (Lipinski definition) is 3. The molecule has 0 bridgehead atoms. The number of nitriles is 1. The van der Waals surface area contributed by atoms with E-state index in [9.17, 15) is 5.26 Å². The fraction of sp³-hybridized carbons (Fsp3) is 0.286. The summed E-state index contributed by atoms with van der Waals surface area (Å²) in [6, 6.07) is 9.92. The largest absolute Gasteiger partial charge is 0.383 e. The molecule has 1 aromatic heterocycles. The first-order valence-electron chi connectivity index (χ1n) is 6.66. The smallest absolute Gasteiger partial charge is 0.168 e. The van der Waals surface area contributed by atoms with Gasteiger partial charge in [-0.3, -0.25) is 0 Å². The van der Waals surface area contributed by atoms with E-state index >= 15 is 0 Å². The highest BCUT2D eigenvalue weighted by Gasteiger charge is 2.22. The number of aromatic nitrogens is 2.